The van der Waals surface area contributed by atoms with Crippen LogP contribution in [-0.2, 0) is 10.0 Å². The third-order valence-electron chi connectivity index (χ3n) is 5.07. The van der Waals surface area contributed by atoms with Gasteiger partial charge in [0, 0.05) is 11.6 Å². The number of carbonyl (C=O) groups is 1. The van der Waals surface area contributed by atoms with Crippen molar-refractivity contribution < 1.29 is 17.6 Å². The van der Waals surface area contributed by atoms with E-state index in [9.17, 15) is 17.6 Å². The molecule has 0 aliphatic rings. The number of benzene rings is 2. The minimum Gasteiger partial charge on any atom is -0.321 e. The molecule has 0 saturated heterocycles. The van der Waals surface area contributed by atoms with Crippen LogP contribution in [0.2, 0.25) is 5.02 Å². The Morgan fingerprint density at radius 2 is 1.76 bits per heavy atom. The predicted octanol–water partition coefficient (Wildman–Crippen LogP) is 5.14. The lowest BCUT2D eigenvalue weighted by atomic mass is 9.96. The lowest BCUT2D eigenvalue weighted by Gasteiger charge is -2.22. The van der Waals surface area contributed by atoms with E-state index in [0.717, 1.165) is 24.5 Å². The van der Waals surface area contributed by atoms with Crippen molar-refractivity contribution in [2.24, 2.45) is 5.92 Å². The molecule has 0 aromatic heterocycles. The lowest BCUT2D eigenvalue weighted by molar-refractivity contribution is 0.102. The van der Waals surface area contributed by atoms with Crippen molar-refractivity contribution in [1.82, 2.24) is 4.72 Å². The first-order chi connectivity index (χ1) is 13.6. The zero-order valence-electron chi connectivity index (χ0n) is 16.9. The fourth-order valence-corrected chi connectivity index (χ4v) is 4.92. The fraction of sp³-hybridized carbons (Fsp3) is 0.381. The molecule has 29 heavy (non-hydrogen) atoms. The van der Waals surface area contributed by atoms with Crippen molar-refractivity contribution in [3.8, 4) is 0 Å². The van der Waals surface area contributed by atoms with E-state index in [1.54, 1.807) is 38.1 Å². The third kappa shape index (κ3) is 5.35. The Hall–Kier alpha value is -1.96. The molecule has 0 saturated carbocycles. The summed E-state index contributed by atoms with van der Waals surface area (Å²) in [5.74, 6) is -1.42. The van der Waals surface area contributed by atoms with Crippen LogP contribution in [-0.4, -0.2) is 20.4 Å². The molecule has 8 heteroatoms. The van der Waals surface area contributed by atoms with Crippen LogP contribution in [0.25, 0.3) is 0 Å². The molecule has 158 valence electrons. The first-order valence-electron chi connectivity index (χ1n) is 9.49. The van der Waals surface area contributed by atoms with Gasteiger partial charge in [0.2, 0.25) is 10.0 Å². The van der Waals surface area contributed by atoms with Gasteiger partial charge in [0.15, 0.2) is 5.82 Å². The fourth-order valence-electron chi connectivity index (χ4n) is 3.25. The van der Waals surface area contributed by atoms with E-state index in [-0.39, 0.29) is 17.6 Å². The quantitative estimate of drug-likeness (QED) is 0.596. The van der Waals surface area contributed by atoms with Crippen LogP contribution in [0.4, 0.5) is 10.1 Å². The average Bonchev–Trinajstić information content (AvgIpc) is 2.66. The Labute approximate surface area is 176 Å². The minimum atomic E-state index is -4.10. The van der Waals surface area contributed by atoms with E-state index < -0.39 is 31.7 Å². The molecule has 2 aromatic carbocycles. The molecule has 0 fully saturated rings. The summed E-state index contributed by atoms with van der Waals surface area (Å²) < 4.78 is 42.6. The van der Waals surface area contributed by atoms with Crippen molar-refractivity contribution in [1.29, 1.82) is 0 Å². The summed E-state index contributed by atoms with van der Waals surface area (Å²) in [5.41, 5.74) is 1.17. The molecule has 0 unspecified atom stereocenters. The maximum absolute atomic E-state index is 14.8. The smallest absolute Gasteiger partial charge is 0.255 e. The Morgan fingerprint density at radius 1 is 1.14 bits per heavy atom. The van der Waals surface area contributed by atoms with Crippen molar-refractivity contribution in [3.63, 3.8) is 0 Å². The monoisotopic (exact) mass is 440 g/mol. The molecule has 0 aliphatic carbocycles. The highest BCUT2D eigenvalue weighted by molar-refractivity contribution is 7.89. The van der Waals surface area contributed by atoms with Gasteiger partial charge in [0.05, 0.1) is 5.69 Å². The van der Waals surface area contributed by atoms with Gasteiger partial charge in [-0.3, -0.25) is 4.79 Å². The summed E-state index contributed by atoms with van der Waals surface area (Å²) in [6, 6.07) is 8.97. The molecule has 2 rings (SSSR count). The number of rotatable bonds is 8. The van der Waals surface area contributed by atoms with Gasteiger partial charge in [0.25, 0.3) is 5.91 Å². The zero-order chi connectivity index (χ0) is 21.8. The molecular formula is C21H26ClFN2O3S. The van der Waals surface area contributed by atoms with Crippen LogP contribution in [0.1, 0.15) is 49.5 Å². The van der Waals surface area contributed by atoms with Crippen molar-refractivity contribution in [2.75, 3.05) is 5.32 Å². The van der Waals surface area contributed by atoms with Gasteiger partial charge in [-0.25, -0.2) is 17.5 Å². The van der Waals surface area contributed by atoms with E-state index in [4.69, 9.17) is 11.6 Å². The second-order valence-corrected chi connectivity index (χ2v) is 9.06. The van der Waals surface area contributed by atoms with Crippen LogP contribution in [0.15, 0.2) is 41.3 Å². The third-order valence-corrected chi connectivity index (χ3v) is 7.02. The number of carbonyl (C=O) groups excluding carboxylic acids is 1. The van der Waals surface area contributed by atoms with Crippen molar-refractivity contribution in [2.45, 2.75) is 51.5 Å². The second-order valence-electron chi connectivity index (χ2n) is 6.99. The predicted molar refractivity (Wildman–Crippen MR) is 114 cm³/mol. The molecule has 0 heterocycles. The summed E-state index contributed by atoms with van der Waals surface area (Å²) in [6.45, 7) is 7.48. The standard InChI is InChI=1S/C21H26ClFN2O3S/c1-5-15(6-2)14(4)25-29(27,28)18-12-11-17(19(22)20(18)23)24-21(26)16-10-8-7-9-13(16)3/h7-12,14-15,25H,5-6H2,1-4H3,(H,24,26)/t14-/m1/s1. The van der Waals surface area contributed by atoms with E-state index in [2.05, 4.69) is 10.0 Å². The lowest BCUT2D eigenvalue weighted by Crippen LogP contribution is -2.38. The Balaban J connectivity index is 2.29. The van der Waals surface area contributed by atoms with Gasteiger partial charge in [0.1, 0.15) is 9.92 Å². The normalized spacial score (nSPS) is 12.8. The molecule has 2 N–H and O–H groups in total. The Bertz CT molecular complexity index is 991. The number of anilines is 1. The van der Waals surface area contributed by atoms with Crippen LogP contribution < -0.4 is 10.0 Å². The highest BCUT2D eigenvalue weighted by Crippen LogP contribution is 2.31. The number of aryl methyl sites for hydroxylation is 1. The molecule has 0 spiro atoms. The highest BCUT2D eigenvalue weighted by Gasteiger charge is 2.27. The average molecular weight is 441 g/mol. The minimum absolute atomic E-state index is 0.00408. The van der Waals surface area contributed by atoms with Gasteiger partial charge >= 0.3 is 0 Å². The zero-order valence-corrected chi connectivity index (χ0v) is 18.5. The Kier molecular flexibility index (Phi) is 7.80. The molecule has 2 aromatic rings. The van der Waals surface area contributed by atoms with Crippen LogP contribution in [0.5, 0.6) is 0 Å². The SMILES string of the molecule is CCC(CC)[C@@H](C)NS(=O)(=O)c1ccc(NC(=O)c2ccccc2C)c(Cl)c1F. The van der Waals surface area contributed by atoms with E-state index in [1.807, 2.05) is 13.8 Å². The topological polar surface area (TPSA) is 75.3 Å². The Morgan fingerprint density at radius 3 is 2.34 bits per heavy atom. The number of halogens is 2. The number of sulfonamides is 1. The summed E-state index contributed by atoms with van der Waals surface area (Å²) >= 11 is 6.05. The van der Waals surface area contributed by atoms with Gasteiger partial charge in [-0.05, 0) is 43.5 Å². The summed E-state index contributed by atoms with van der Waals surface area (Å²) in [6.07, 6.45) is 1.60. The summed E-state index contributed by atoms with van der Waals surface area (Å²) in [7, 11) is -4.10. The molecule has 1 atom stereocenters. The number of amides is 1. The molecule has 5 nitrogen and oxygen atoms in total. The highest BCUT2D eigenvalue weighted by atomic mass is 35.5. The van der Waals surface area contributed by atoms with Crippen LogP contribution >= 0.6 is 11.6 Å². The van der Waals surface area contributed by atoms with E-state index >= 15 is 0 Å². The van der Waals surface area contributed by atoms with E-state index in [1.165, 1.54) is 6.07 Å². The largest absolute Gasteiger partial charge is 0.321 e. The van der Waals surface area contributed by atoms with Gasteiger partial charge in [-0.2, -0.15) is 0 Å². The molecule has 0 aliphatic heterocycles. The maximum Gasteiger partial charge on any atom is 0.255 e. The number of nitrogens with one attached hydrogen (secondary N) is 2. The molecular weight excluding hydrogens is 415 g/mol. The van der Waals surface area contributed by atoms with Crippen molar-refractivity contribution in [3.05, 3.63) is 58.4 Å². The first kappa shape index (κ1) is 23.3. The van der Waals surface area contributed by atoms with E-state index in [0.29, 0.717) is 5.56 Å². The maximum atomic E-state index is 14.8. The molecule has 0 radical (unpaired) electrons. The van der Waals surface area contributed by atoms with Gasteiger partial charge in [-0.1, -0.05) is 56.5 Å². The van der Waals surface area contributed by atoms with Crippen LogP contribution in [0, 0.1) is 18.7 Å². The second kappa shape index (κ2) is 9.69. The first-order valence-corrected chi connectivity index (χ1v) is 11.4. The number of hydrogen-bond donors (Lipinski definition) is 2. The number of hydrogen-bond acceptors (Lipinski definition) is 3. The van der Waals surface area contributed by atoms with Crippen LogP contribution in [0.3, 0.4) is 0 Å². The van der Waals surface area contributed by atoms with Gasteiger partial charge < -0.3 is 5.32 Å². The summed E-state index contributed by atoms with van der Waals surface area (Å²) in [4.78, 5) is 11.9. The summed E-state index contributed by atoms with van der Waals surface area (Å²) in [5, 5.41) is 2.08. The van der Waals surface area contributed by atoms with Crippen molar-refractivity contribution >= 4 is 33.2 Å². The van der Waals surface area contributed by atoms with Gasteiger partial charge in [-0.15, -0.1) is 0 Å². The molecule has 0 bridgehead atoms. The molecule has 1 amide bonds.